The number of carbonyl (C=O) groups is 3. The van der Waals surface area contributed by atoms with Crippen LogP contribution in [0.25, 0.3) is 0 Å². The summed E-state index contributed by atoms with van der Waals surface area (Å²) in [4.78, 5) is 36.3. The summed E-state index contributed by atoms with van der Waals surface area (Å²) in [5.41, 5.74) is -0.594. The highest BCUT2D eigenvalue weighted by molar-refractivity contribution is 8.00. The highest BCUT2D eigenvalue weighted by Gasteiger charge is 2.54. The van der Waals surface area contributed by atoms with Gasteiger partial charge in [-0.05, 0) is 26.3 Å². The van der Waals surface area contributed by atoms with Crippen LogP contribution in [0.4, 0.5) is 4.79 Å². The lowest BCUT2D eigenvalue weighted by Crippen LogP contribution is -2.70. The third-order valence-corrected chi connectivity index (χ3v) is 4.45. The number of carboxylic acid groups (broad SMARTS) is 1. The van der Waals surface area contributed by atoms with E-state index in [4.69, 9.17) is 4.74 Å². The van der Waals surface area contributed by atoms with Crippen molar-refractivity contribution in [2.24, 2.45) is 0 Å². The quantitative estimate of drug-likeness (QED) is 0.630. The lowest BCUT2D eigenvalue weighted by atomic mass is 10.0. The van der Waals surface area contributed by atoms with Crippen molar-refractivity contribution in [3.05, 3.63) is 11.3 Å². The third kappa shape index (κ3) is 3.05. The van der Waals surface area contributed by atoms with Gasteiger partial charge in [-0.3, -0.25) is 9.69 Å². The summed E-state index contributed by atoms with van der Waals surface area (Å²) in [5, 5.41) is 20.4. The Morgan fingerprint density at radius 2 is 2.09 bits per heavy atom. The monoisotopic (exact) mass is 330 g/mol. The van der Waals surface area contributed by atoms with Gasteiger partial charge in [0.05, 0.1) is 6.61 Å². The van der Waals surface area contributed by atoms with Crippen molar-refractivity contribution in [2.45, 2.75) is 37.8 Å². The molecule has 0 aromatic rings. The number of nitrogens with zero attached hydrogens (tertiary/aromatic N) is 1. The molecule has 2 aliphatic rings. The molecule has 122 valence electrons. The van der Waals surface area contributed by atoms with Gasteiger partial charge in [-0.15, -0.1) is 11.8 Å². The molecule has 2 rings (SSSR count). The Kier molecular flexibility index (Phi) is 4.39. The Balaban J connectivity index is 2.10. The van der Waals surface area contributed by atoms with Crippen molar-refractivity contribution in [1.82, 2.24) is 10.2 Å². The molecule has 0 saturated carbocycles. The number of hydrogen-bond donors (Lipinski definition) is 3. The zero-order chi connectivity index (χ0) is 16.7. The molecule has 9 heteroatoms. The molecule has 0 radical (unpaired) electrons. The molecule has 22 heavy (non-hydrogen) atoms. The molecule has 8 nitrogen and oxygen atoms in total. The number of ether oxygens (including phenoxy) is 1. The normalized spacial score (nSPS) is 24.5. The van der Waals surface area contributed by atoms with Crippen LogP contribution in [0.15, 0.2) is 11.3 Å². The first-order chi connectivity index (χ1) is 10.2. The number of thioether (sulfide) groups is 1. The predicted octanol–water partition coefficient (Wildman–Crippen LogP) is 0.126. The molecule has 2 aliphatic heterocycles. The second kappa shape index (κ2) is 5.81. The molecular formula is C13H18N2O6S. The van der Waals surface area contributed by atoms with E-state index < -0.39 is 41.6 Å². The molecule has 0 bridgehead atoms. The number of aliphatic hydroxyl groups is 1. The highest BCUT2D eigenvalue weighted by Crippen LogP contribution is 2.40. The fourth-order valence-corrected chi connectivity index (χ4v) is 3.57. The van der Waals surface area contributed by atoms with Gasteiger partial charge in [-0.1, -0.05) is 0 Å². The lowest BCUT2D eigenvalue weighted by Gasteiger charge is -2.49. The average Bonchev–Trinajstić information content (AvgIpc) is 2.40. The Morgan fingerprint density at radius 1 is 1.45 bits per heavy atom. The minimum atomic E-state index is -1.27. The molecule has 3 N–H and O–H groups in total. The molecule has 2 amide bonds. The van der Waals surface area contributed by atoms with E-state index in [2.05, 4.69) is 5.32 Å². The van der Waals surface area contributed by atoms with E-state index in [0.29, 0.717) is 5.75 Å². The van der Waals surface area contributed by atoms with E-state index in [1.54, 1.807) is 20.8 Å². The predicted molar refractivity (Wildman–Crippen MR) is 78.0 cm³/mol. The smallest absolute Gasteiger partial charge is 0.408 e. The number of β-lactam (4-membered cyclic amide) rings is 1. The molecule has 0 unspecified atom stereocenters. The maximum Gasteiger partial charge on any atom is 0.408 e. The van der Waals surface area contributed by atoms with Gasteiger partial charge in [0.2, 0.25) is 0 Å². The Morgan fingerprint density at radius 3 is 2.59 bits per heavy atom. The van der Waals surface area contributed by atoms with E-state index in [1.807, 2.05) is 0 Å². The second-order valence-electron chi connectivity index (χ2n) is 5.95. The number of carboxylic acids is 1. The Hall–Kier alpha value is -1.74. The molecular weight excluding hydrogens is 312 g/mol. The largest absolute Gasteiger partial charge is 0.477 e. The number of nitrogens with one attached hydrogen (secondary N) is 1. The summed E-state index contributed by atoms with van der Waals surface area (Å²) in [6, 6.07) is -0.825. The van der Waals surface area contributed by atoms with Gasteiger partial charge >= 0.3 is 12.1 Å². The van der Waals surface area contributed by atoms with Crippen molar-refractivity contribution >= 4 is 29.7 Å². The summed E-state index contributed by atoms with van der Waals surface area (Å²) in [6.45, 7) is 4.69. The highest BCUT2D eigenvalue weighted by atomic mass is 32.2. The zero-order valence-electron chi connectivity index (χ0n) is 12.5. The van der Waals surface area contributed by atoms with Gasteiger partial charge < -0.3 is 20.3 Å². The van der Waals surface area contributed by atoms with Crippen LogP contribution < -0.4 is 5.32 Å². The summed E-state index contributed by atoms with van der Waals surface area (Å²) < 4.78 is 5.09. The van der Waals surface area contributed by atoms with E-state index in [0.717, 1.165) is 4.90 Å². The van der Waals surface area contributed by atoms with Gasteiger partial charge in [-0.2, -0.15) is 0 Å². The van der Waals surface area contributed by atoms with Crippen molar-refractivity contribution < 1.29 is 29.3 Å². The lowest BCUT2D eigenvalue weighted by molar-refractivity contribution is -0.149. The molecule has 0 spiro atoms. The van der Waals surface area contributed by atoms with Crippen LogP contribution in [0.3, 0.4) is 0 Å². The number of rotatable bonds is 3. The minimum Gasteiger partial charge on any atom is -0.477 e. The van der Waals surface area contributed by atoms with Gasteiger partial charge in [0.1, 0.15) is 22.7 Å². The first kappa shape index (κ1) is 16.6. The van der Waals surface area contributed by atoms with Crippen molar-refractivity contribution in [1.29, 1.82) is 0 Å². The second-order valence-corrected chi connectivity index (χ2v) is 7.05. The molecule has 2 atom stereocenters. The number of carbonyl (C=O) groups excluding carboxylic acids is 2. The van der Waals surface area contributed by atoms with Crippen LogP contribution in [0.5, 0.6) is 0 Å². The van der Waals surface area contributed by atoms with Crippen LogP contribution in [-0.2, 0) is 14.3 Å². The van der Waals surface area contributed by atoms with Gasteiger partial charge in [0.15, 0.2) is 0 Å². The number of hydrogen-bond acceptors (Lipinski definition) is 6. The summed E-state index contributed by atoms with van der Waals surface area (Å²) >= 11 is 1.29. The minimum absolute atomic E-state index is 0.196. The number of aliphatic carboxylic acids is 1. The summed E-state index contributed by atoms with van der Waals surface area (Å²) in [7, 11) is 0. The maximum absolute atomic E-state index is 12.1. The molecule has 0 aliphatic carbocycles. The standard InChI is InChI=1S/C13H18N2O6S/c1-13(2,3)21-12(20)14-7-9(17)15-8(11(18)19)6(4-16)5-22-10(7)15/h7,10,16H,4-5H2,1-3H3,(H,14,20)(H,18,19)/t7-,10-/m1/s1. The van der Waals surface area contributed by atoms with E-state index in [1.165, 1.54) is 11.8 Å². The van der Waals surface area contributed by atoms with Crippen LogP contribution in [0.2, 0.25) is 0 Å². The van der Waals surface area contributed by atoms with Crippen molar-refractivity contribution in [2.75, 3.05) is 12.4 Å². The third-order valence-electron chi connectivity index (χ3n) is 3.11. The fraction of sp³-hybridized carbons (Fsp3) is 0.615. The molecule has 1 fully saturated rings. The van der Waals surface area contributed by atoms with E-state index in [9.17, 15) is 24.6 Å². The van der Waals surface area contributed by atoms with E-state index in [-0.39, 0.29) is 11.3 Å². The van der Waals surface area contributed by atoms with Crippen molar-refractivity contribution in [3.8, 4) is 0 Å². The van der Waals surface area contributed by atoms with Crippen molar-refractivity contribution in [3.63, 3.8) is 0 Å². The van der Waals surface area contributed by atoms with Gasteiger partial charge in [0, 0.05) is 5.75 Å². The number of alkyl carbamates (subject to hydrolysis) is 1. The van der Waals surface area contributed by atoms with Crippen LogP contribution >= 0.6 is 11.8 Å². The Bertz CT molecular complexity index is 553. The first-order valence-corrected chi connectivity index (χ1v) is 7.71. The number of aliphatic hydroxyl groups excluding tert-OH is 1. The first-order valence-electron chi connectivity index (χ1n) is 6.66. The Labute approximate surface area is 131 Å². The SMILES string of the molecule is CC(C)(C)OC(=O)N[C@@H]1C(=O)N2C(C(=O)O)=C(CO)CS[C@H]12. The molecule has 2 heterocycles. The van der Waals surface area contributed by atoms with Crippen LogP contribution in [0, 0.1) is 0 Å². The van der Waals surface area contributed by atoms with Gasteiger partial charge in [0.25, 0.3) is 5.91 Å². The van der Waals surface area contributed by atoms with Crippen LogP contribution in [0.1, 0.15) is 20.8 Å². The summed E-state index contributed by atoms with van der Waals surface area (Å²) in [6.07, 6.45) is -0.722. The fourth-order valence-electron chi connectivity index (χ4n) is 2.24. The number of amides is 2. The maximum atomic E-state index is 12.1. The number of fused-ring (bicyclic) bond motifs is 1. The molecule has 1 saturated heterocycles. The topological polar surface area (TPSA) is 116 Å². The van der Waals surface area contributed by atoms with Crippen LogP contribution in [-0.4, -0.2) is 62.5 Å². The zero-order valence-corrected chi connectivity index (χ0v) is 13.3. The molecule has 0 aromatic carbocycles. The summed E-state index contributed by atoms with van der Waals surface area (Å²) in [5.74, 6) is -1.50. The van der Waals surface area contributed by atoms with E-state index >= 15 is 0 Å². The molecule has 0 aromatic heterocycles. The van der Waals surface area contributed by atoms with Gasteiger partial charge in [-0.25, -0.2) is 9.59 Å². The average molecular weight is 330 g/mol.